The van der Waals surface area contributed by atoms with Gasteiger partial charge in [0.2, 0.25) is 0 Å². The summed E-state index contributed by atoms with van der Waals surface area (Å²) in [5, 5.41) is 6.34. The van der Waals surface area contributed by atoms with Crippen molar-refractivity contribution in [3.05, 3.63) is 71.0 Å². The van der Waals surface area contributed by atoms with Crippen LogP contribution in [-0.4, -0.2) is 41.2 Å². The summed E-state index contributed by atoms with van der Waals surface area (Å²) >= 11 is 0. The Bertz CT molecular complexity index is 854. The number of likely N-dealkylation sites (tertiary alicyclic amines) is 1. The first-order valence-electron chi connectivity index (χ1n) is 10.0. The molecule has 5 heteroatoms. The maximum atomic E-state index is 13.4. The number of aryl methyl sites for hydroxylation is 1. The molecule has 2 heterocycles. The lowest BCUT2D eigenvalue weighted by Crippen LogP contribution is -2.40. The van der Waals surface area contributed by atoms with Gasteiger partial charge in [0.15, 0.2) is 0 Å². The van der Waals surface area contributed by atoms with Crippen molar-refractivity contribution in [1.82, 2.24) is 9.91 Å². The van der Waals surface area contributed by atoms with Crippen molar-refractivity contribution in [2.24, 2.45) is 5.10 Å². The van der Waals surface area contributed by atoms with E-state index in [0.717, 1.165) is 42.8 Å². The van der Waals surface area contributed by atoms with Gasteiger partial charge in [0, 0.05) is 6.42 Å². The molecule has 0 radical (unpaired) electrons. The maximum Gasteiger partial charge on any atom is 0.257 e. The van der Waals surface area contributed by atoms with Gasteiger partial charge in [0.25, 0.3) is 5.91 Å². The number of hydrogen-bond acceptors (Lipinski definition) is 3. The first-order chi connectivity index (χ1) is 13.6. The summed E-state index contributed by atoms with van der Waals surface area (Å²) in [5.41, 5.74) is 4.04. The molecular weight excluding hydrogens is 353 g/mol. The highest BCUT2D eigenvalue weighted by Gasteiger charge is 2.33. The Kier molecular flexibility index (Phi) is 5.53. The Morgan fingerprint density at radius 1 is 1.04 bits per heavy atom. The summed E-state index contributed by atoms with van der Waals surface area (Å²) in [6.07, 6.45) is 4.17. The van der Waals surface area contributed by atoms with Crippen molar-refractivity contribution < 1.29 is 9.18 Å². The van der Waals surface area contributed by atoms with Crippen LogP contribution >= 0.6 is 0 Å². The number of carbonyl (C=O) groups is 1. The molecule has 0 saturated carbocycles. The van der Waals surface area contributed by atoms with E-state index in [4.69, 9.17) is 5.10 Å². The fraction of sp³-hybridized carbons (Fsp3) is 0.391. The molecule has 2 aliphatic heterocycles. The lowest BCUT2D eigenvalue weighted by atomic mass is 9.98. The SMILES string of the molecule is Cc1ccc(C2=NN(C(=O)CN3CCCCC3)[C@H](c3ccc(F)cc3)C2)cc1. The molecule has 2 aromatic rings. The third kappa shape index (κ3) is 4.14. The standard InChI is InChI=1S/C23H26FN3O/c1-17-5-7-18(8-6-17)21-15-22(19-9-11-20(24)12-10-19)27(25-21)23(28)16-26-13-3-2-4-14-26/h5-12,22H,2-4,13-16H2,1H3/t22-/m0/s1. The first-order valence-corrected chi connectivity index (χ1v) is 10.0. The fourth-order valence-corrected chi connectivity index (χ4v) is 3.99. The van der Waals surface area contributed by atoms with E-state index in [-0.39, 0.29) is 17.8 Å². The van der Waals surface area contributed by atoms with E-state index in [1.165, 1.54) is 24.1 Å². The predicted molar refractivity (Wildman–Crippen MR) is 109 cm³/mol. The number of piperidine rings is 1. The average molecular weight is 379 g/mol. The van der Waals surface area contributed by atoms with Gasteiger partial charge in [-0.25, -0.2) is 9.40 Å². The highest BCUT2D eigenvalue weighted by Crippen LogP contribution is 2.33. The van der Waals surface area contributed by atoms with Crippen LogP contribution in [0.15, 0.2) is 53.6 Å². The highest BCUT2D eigenvalue weighted by atomic mass is 19.1. The van der Waals surface area contributed by atoms with Crippen molar-refractivity contribution >= 4 is 11.6 Å². The van der Waals surface area contributed by atoms with Crippen LogP contribution in [0.25, 0.3) is 0 Å². The van der Waals surface area contributed by atoms with E-state index >= 15 is 0 Å². The average Bonchev–Trinajstić information content (AvgIpc) is 3.15. The summed E-state index contributed by atoms with van der Waals surface area (Å²) in [5.74, 6) is -0.258. The Labute approximate surface area is 165 Å². The van der Waals surface area contributed by atoms with Crippen LogP contribution in [-0.2, 0) is 4.79 Å². The molecule has 0 aromatic heterocycles. The Morgan fingerprint density at radius 3 is 2.39 bits per heavy atom. The normalized spacial score (nSPS) is 20.3. The van der Waals surface area contributed by atoms with Gasteiger partial charge in [-0.15, -0.1) is 0 Å². The van der Waals surface area contributed by atoms with Crippen molar-refractivity contribution in [3.63, 3.8) is 0 Å². The second kappa shape index (κ2) is 8.23. The fourth-order valence-electron chi connectivity index (χ4n) is 3.99. The van der Waals surface area contributed by atoms with E-state index in [2.05, 4.69) is 36.1 Å². The molecule has 1 atom stereocenters. The molecule has 0 spiro atoms. The van der Waals surface area contributed by atoms with Crippen molar-refractivity contribution in [3.8, 4) is 0 Å². The van der Waals surface area contributed by atoms with Crippen LogP contribution in [0.1, 0.15) is 48.4 Å². The summed E-state index contributed by atoms with van der Waals surface area (Å²) in [6.45, 7) is 4.38. The van der Waals surface area contributed by atoms with Gasteiger partial charge >= 0.3 is 0 Å². The molecule has 0 aliphatic carbocycles. The Hall–Kier alpha value is -2.53. The van der Waals surface area contributed by atoms with Crippen LogP contribution in [0.4, 0.5) is 4.39 Å². The zero-order chi connectivity index (χ0) is 19.5. The van der Waals surface area contributed by atoms with Crippen molar-refractivity contribution in [1.29, 1.82) is 0 Å². The molecule has 4 rings (SSSR count). The van der Waals surface area contributed by atoms with Crippen LogP contribution in [0.3, 0.4) is 0 Å². The lowest BCUT2D eigenvalue weighted by Gasteiger charge is -2.29. The van der Waals surface area contributed by atoms with Crippen LogP contribution in [0.2, 0.25) is 0 Å². The van der Waals surface area contributed by atoms with Gasteiger partial charge in [0.1, 0.15) is 5.82 Å². The molecule has 28 heavy (non-hydrogen) atoms. The Balaban J connectivity index is 1.59. The summed E-state index contributed by atoms with van der Waals surface area (Å²) in [6, 6.07) is 14.5. The quantitative estimate of drug-likeness (QED) is 0.794. The molecular formula is C23H26FN3O. The predicted octanol–water partition coefficient (Wildman–Crippen LogP) is 4.30. The molecule has 1 amide bonds. The molecule has 2 aliphatic rings. The maximum absolute atomic E-state index is 13.4. The van der Waals surface area contributed by atoms with Crippen LogP contribution in [0.5, 0.6) is 0 Å². The second-order valence-electron chi connectivity index (χ2n) is 7.76. The number of amides is 1. The third-order valence-corrected chi connectivity index (χ3v) is 5.61. The minimum Gasteiger partial charge on any atom is -0.294 e. The van der Waals surface area contributed by atoms with Gasteiger partial charge in [-0.05, 0) is 56.1 Å². The molecule has 146 valence electrons. The summed E-state index contributed by atoms with van der Waals surface area (Å²) in [7, 11) is 0. The van der Waals surface area contributed by atoms with Crippen LogP contribution in [0, 0.1) is 12.7 Å². The largest absolute Gasteiger partial charge is 0.294 e. The number of benzene rings is 2. The van der Waals surface area contributed by atoms with E-state index in [1.807, 2.05) is 0 Å². The van der Waals surface area contributed by atoms with Gasteiger partial charge < -0.3 is 0 Å². The monoisotopic (exact) mass is 379 g/mol. The number of halogens is 1. The molecule has 0 unspecified atom stereocenters. The summed E-state index contributed by atoms with van der Waals surface area (Å²) < 4.78 is 13.4. The molecule has 0 N–H and O–H groups in total. The van der Waals surface area contributed by atoms with Crippen molar-refractivity contribution in [2.75, 3.05) is 19.6 Å². The smallest absolute Gasteiger partial charge is 0.257 e. The second-order valence-corrected chi connectivity index (χ2v) is 7.76. The summed E-state index contributed by atoms with van der Waals surface area (Å²) in [4.78, 5) is 15.3. The number of rotatable bonds is 4. The minimum absolute atomic E-state index is 0.0123. The molecule has 1 fully saturated rings. The number of hydrogen-bond donors (Lipinski definition) is 0. The molecule has 4 nitrogen and oxygen atoms in total. The van der Waals surface area contributed by atoms with E-state index in [9.17, 15) is 9.18 Å². The Morgan fingerprint density at radius 2 is 1.71 bits per heavy atom. The number of carbonyl (C=O) groups excluding carboxylic acids is 1. The van der Waals surface area contributed by atoms with Gasteiger partial charge in [-0.2, -0.15) is 5.10 Å². The van der Waals surface area contributed by atoms with E-state index < -0.39 is 0 Å². The minimum atomic E-state index is -0.271. The first kappa shape index (κ1) is 18.8. The van der Waals surface area contributed by atoms with Crippen LogP contribution < -0.4 is 0 Å². The zero-order valence-corrected chi connectivity index (χ0v) is 16.3. The van der Waals surface area contributed by atoms with Gasteiger partial charge in [-0.3, -0.25) is 9.69 Å². The highest BCUT2D eigenvalue weighted by molar-refractivity contribution is 6.03. The van der Waals surface area contributed by atoms with E-state index in [1.54, 1.807) is 17.1 Å². The lowest BCUT2D eigenvalue weighted by molar-refractivity contribution is -0.134. The molecule has 0 bridgehead atoms. The zero-order valence-electron chi connectivity index (χ0n) is 16.3. The van der Waals surface area contributed by atoms with E-state index in [0.29, 0.717) is 13.0 Å². The van der Waals surface area contributed by atoms with Gasteiger partial charge in [-0.1, -0.05) is 48.4 Å². The number of nitrogens with zero attached hydrogens (tertiary/aromatic N) is 3. The molecule has 1 saturated heterocycles. The molecule has 2 aromatic carbocycles. The van der Waals surface area contributed by atoms with Crippen molar-refractivity contribution in [2.45, 2.75) is 38.6 Å². The number of hydrazone groups is 1. The topological polar surface area (TPSA) is 35.9 Å². The third-order valence-electron chi connectivity index (χ3n) is 5.61. The van der Waals surface area contributed by atoms with Gasteiger partial charge in [0.05, 0.1) is 18.3 Å².